The van der Waals surface area contributed by atoms with Gasteiger partial charge in [-0.15, -0.1) is 16.4 Å². The number of H-pyrrole nitrogens is 1. The molecule has 1 aromatic carbocycles. The van der Waals surface area contributed by atoms with E-state index in [1.165, 1.54) is 24.8 Å². The van der Waals surface area contributed by atoms with Gasteiger partial charge in [0.25, 0.3) is 5.56 Å². The van der Waals surface area contributed by atoms with Crippen LogP contribution >= 0.6 is 22.9 Å². The van der Waals surface area contributed by atoms with Gasteiger partial charge >= 0.3 is 5.97 Å². The van der Waals surface area contributed by atoms with Gasteiger partial charge in [-0.1, -0.05) is 11.6 Å². The van der Waals surface area contributed by atoms with Gasteiger partial charge in [0.1, 0.15) is 17.0 Å². The van der Waals surface area contributed by atoms with Crippen LogP contribution in [-0.4, -0.2) is 47.8 Å². The van der Waals surface area contributed by atoms with Gasteiger partial charge in [-0.3, -0.25) is 4.79 Å². The average molecular weight is 520 g/mol. The van der Waals surface area contributed by atoms with Crippen LogP contribution in [-0.2, 0) is 11.2 Å². The minimum absolute atomic E-state index is 0.130. The van der Waals surface area contributed by atoms with Crippen molar-refractivity contribution in [2.45, 2.75) is 18.9 Å². The number of tetrazole rings is 1. The number of aryl methyl sites for hydroxylation is 1. The van der Waals surface area contributed by atoms with Gasteiger partial charge in [-0.25, -0.2) is 9.78 Å². The first-order chi connectivity index (χ1) is 17.5. The number of ether oxygens (including phenoxy) is 1. The molecular formula is C24H18ClN7O3S. The van der Waals surface area contributed by atoms with Gasteiger partial charge in [0.05, 0.1) is 30.7 Å². The number of nitrogens with zero attached hydrogens (tertiary/aromatic N) is 6. The Bertz CT molecular complexity index is 1650. The van der Waals surface area contributed by atoms with Crippen LogP contribution in [0, 0.1) is 0 Å². The molecule has 1 N–H and O–H groups in total. The largest absolute Gasteiger partial charge is 0.465 e. The first-order valence-electron chi connectivity index (χ1n) is 11.0. The zero-order valence-corrected chi connectivity index (χ0v) is 20.5. The van der Waals surface area contributed by atoms with Crippen LogP contribution in [0.5, 0.6) is 0 Å². The number of fused-ring (bicyclic) bond motifs is 1. The van der Waals surface area contributed by atoms with Gasteiger partial charge in [0.2, 0.25) is 0 Å². The molecule has 180 valence electrons. The van der Waals surface area contributed by atoms with E-state index in [4.69, 9.17) is 16.3 Å². The Morgan fingerprint density at radius 1 is 1.22 bits per heavy atom. The molecule has 1 atom stereocenters. The Hall–Kier alpha value is -4.09. The second kappa shape index (κ2) is 8.85. The van der Waals surface area contributed by atoms with Gasteiger partial charge < -0.3 is 14.3 Å². The van der Waals surface area contributed by atoms with Gasteiger partial charge in [0.15, 0.2) is 0 Å². The Morgan fingerprint density at radius 2 is 2.11 bits per heavy atom. The van der Waals surface area contributed by atoms with E-state index in [1.54, 1.807) is 39.7 Å². The third-order valence-electron chi connectivity index (χ3n) is 6.21. The number of hydrogen-bond donors (Lipinski definition) is 1. The molecule has 10 nitrogen and oxygen atoms in total. The van der Waals surface area contributed by atoms with E-state index in [0.717, 1.165) is 46.6 Å². The van der Waals surface area contributed by atoms with Crippen LogP contribution in [0.4, 0.5) is 0 Å². The topological polar surface area (TPSA) is 121 Å². The minimum atomic E-state index is -0.374. The van der Waals surface area contributed by atoms with E-state index in [2.05, 4.69) is 25.5 Å². The summed E-state index contributed by atoms with van der Waals surface area (Å²) in [4.78, 5) is 33.5. The lowest BCUT2D eigenvalue weighted by atomic mass is 10.0. The first-order valence-corrected chi connectivity index (χ1v) is 12.3. The van der Waals surface area contributed by atoms with Crippen molar-refractivity contribution in [2.24, 2.45) is 0 Å². The number of carbonyl (C=O) groups excluding carboxylic acids is 1. The number of hydrogen-bond acceptors (Lipinski definition) is 8. The number of thiophene rings is 1. The third-order valence-corrected chi connectivity index (χ3v) is 7.35. The highest BCUT2D eigenvalue weighted by molar-refractivity contribution is 7.12. The van der Waals surface area contributed by atoms with Crippen molar-refractivity contribution in [1.82, 2.24) is 34.7 Å². The van der Waals surface area contributed by atoms with Crippen molar-refractivity contribution in [1.29, 1.82) is 0 Å². The molecule has 5 aromatic rings. The van der Waals surface area contributed by atoms with Crippen LogP contribution < -0.4 is 5.56 Å². The molecule has 0 spiro atoms. The number of aromatic nitrogens is 7. The zero-order valence-electron chi connectivity index (χ0n) is 18.9. The maximum absolute atomic E-state index is 13.4. The Labute approximate surface area is 213 Å². The number of rotatable bonds is 5. The predicted octanol–water partition coefficient (Wildman–Crippen LogP) is 3.92. The number of carbonyl (C=O) groups is 1. The molecule has 0 fully saturated rings. The van der Waals surface area contributed by atoms with E-state index in [1.807, 2.05) is 17.5 Å². The molecule has 0 saturated carbocycles. The molecule has 0 aliphatic carbocycles. The summed E-state index contributed by atoms with van der Waals surface area (Å²) in [6, 6.07) is 10.5. The normalized spacial score (nSPS) is 14.7. The molecular weight excluding hydrogens is 502 g/mol. The first kappa shape index (κ1) is 22.4. The number of methoxy groups -OCH3 is 1. The predicted molar refractivity (Wildman–Crippen MR) is 134 cm³/mol. The molecule has 1 aliphatic rings. The lowest BCUT2D eigenvalue weighted by Gasteiger charge is -2.15. The van der Waals surface area contributed by atoms with Crippen LogP contribution in [0.3, 0.4) is 0 Å². The molecule has 0 radical (unpaired) electrons. The maximum Gasteiger partial charge on any atom is 0.348 e. The SMILES string of the molecule is COC(=O)c1cc(-c2cnc([C@@H]3CCc4cc(-c5cc(Cl)ccc5-n5cnnn5)cc(=O)n43)[nH]2)cs1. The molecule has 0 amide bonds. The van der Waals surface area contributed by atoms with Crippen LogP contribution in [0.1, 0.15) is 33.7 Å². The second-order valence-electron chi connectivity index (χ2n) is 8.29. The number of nitrogens with one attached hydrogen (secondary N) is 1. The minimum Gasteiger partial charge on any atom is -0.465 e. The zero-order chi connectivity index (χ0) is 24.8. The summed E-state index contributed by atoms with van der Waals surface area (Å²) >= 11 is 7.60. The van der Waals surface area contributed by atoms with Crippen molar-refractivity contribution in [3.8, 4) is 28.1 Å². The fourth-order valence-electron chi connectivity index (χ4n) is 4.56. The van der Waals surface area contributed by atoms with Crippen molar-refractivity contribution in [3.63, 3.8) is 0 Å². The summed E-state index contributed by atoms with van der Waals surface area (Å²) in [5.74, 6) is 0.322. The highest BCUT2D eigenvalue weighted by Crippen LogP contribution is 2.34. The summed E-state index contributed by atoms with van der Waals surface area (Å²) in [6.45, 7) is 0. The van der Waals surface area contributed by atoms with Crippen molar-refractivity contribution in [3.05, 3.63) is 86.1 Å². The number of benzene rings is 1. The smallest absolute Gasteiger partial charge is 0.348 e. The van der Waals surface area contributed by atoms with Crippen molar-refractivity contribution >= 4 is 28.9 Å². The maximum atomic E-state index is 13.4. The van der Waals surface area contributed by atoms with Crippen LogP contribution in [0.15, 0.2) is 59.1 Å². The molecule has 12 heteroatoms. The Balaban J connectivity index is 1.35. The van der Waals surface area contributed by atoms with E-state index >= 15 is 0 Å². The lowest BCUT2D eigenvalue weighted by molar-refractivity contribution is 0.0606. The number of halogens is 1. The standard InChI is InChI=1S/C24H18ClN7O3S/c1-35-24(34)21-7-14(11-36-21)18-10-26-23(28-18)20-5-3-16-6-13(8-22(33)32(16)20)17-9-15(25)2-4-19(17)31-12-27-29-30-31/h2,4,6-12,20H,3,5H2,1H3,(H,26,28)/t20-/m0/s1. The fourth-order valence-corrected chi connectivity index (χ4v) is 5.55. The highest BCUT2D eigenvalue weighted by atomic mass is 35.5. The molecule has 1 aliphatic heterocycles. The number of aromatic amines is 1. The van der Waals surface area contributed by atoms with Crippen molar-refractivity contribution < 1.29 is 9.53 Å². The Morgan fingerprint density at radius 3 is 2.92 bits per heavy atom. The van der Waals surface area contributed by atoms with Crippen LogP contribution in [0.2, 0.25) is 5.02 Å². The molecule has 4 aromatic heterocycles. The fraction of sp³-hybridized carbons (Fsp3) is 0.167. The second-order valence-corrected chi connectivity index (χ2v) is 9.63. The van der Waals surface area contributed by atoms with Crippen molar-refractivity contribution in [2.75, 3.05) is 7.11 Å². The molecule has 0 bridgehead atoms. The monoisotopic (exact) mass is 519 g/mol. The molecule has 6 rings (SSSR count). The number of esters is 1. The number of pyridine rings is 1. The molecule has 0 unspecified atom stereocenters. The molecule has 5 heterocycles. The third kappa shape index (κ3) is 3.82. The van der Waals surface area contributed by atoms with Gasteiger partial charge in [-0.2, -0.15) is 4.68 Å². The van der Waals surface area contributed by atoms with E-state index in [0.29, 0.717) is 15.7 Å². The van der Waals surface area contributed by atoms with Gasteiger partial charge in [-0.05, 0) is 59.2 Å². The molecule has 0 saturated heterocycles. The van der Waals surface area contributed by atoms with Crippen LogP contribution in [0.25, 0.3) is 28.1 Å². The highest BCUT2D eigenvalue weighted by Gasteiger charge is 2.28. The summed E-state index contributed by atoms with van der Waals surface area (Å²) in [5, 5.41) is 13.8. The number of imidazole rings is 1. The van der Waals surface area contributed by atoms with E-state index < -0.39 is 0 Å². The Kier molecular flexibility index (Phi) is 5.50. The van der Waals surface area contributed by atoms with Gasteiger partial charge in [0, 0.05) is 33.3 Å². The van der Waals surface area contributed by atoms with E-state index in [-0.39, 0.29) is 17.6 Å². The average Bonchev–Trinajstić information content (AvgIpc) is 3.68. The van der Waals surface area contributed by atoms with E-state index in [9.17, 15) is 9.59 Å². The quantitative estimate of drug-likeness (QED) is 0.349. The lowest BCUT2D eigenvalue weighted by Crippen LogP contribution is -2.23. The summed E-state index contributed by atoms with van der Waals surface area (Å²) < 4.78 is 8.11. The molecule has 36 heavy (non-hydrogen) atoms. The summed E-state index contributed by atoms with van der Waals surface area (Å²) in [7, 11) is 1.36. The summed E-state index contributed by atoms with van der Waals surface area (Å²) in [5.41, 5.74) is 4.63. The summed E-state index contributed by atoms with van der Waals surface area (Å²) in [6.07, 6.45) is 4.67.